The van der Waals surface area contributed by atoms with Crippen molar-refractivity contribution < 1.29 is 13.2 Å². The van der Waals surface area contributed by atoms with E-state index in [4.69, 9.17) is 11.6 Å². The van der Waals surface area contributed by atoms with Gasteiger partial charge in [-0.2, -0.15) is 4.31 Å². The van der Waals surface area contributed by atoms with E-state index in [0.717, 1.165) is 0 Å². The Morgan fingerprint density at radius 2 is 1.80 bits per heavy atom. The van der Waals surface area contributed by atoms with Gasteiger partial charge in [-0.15, -0.1) is 0 Å². The fourth-order valence-corrected chi connectivity index (χ4v) is 4.14. The maximum Gasteiger partial charge on any atom is 0.243 e. The Balaban J connectivity index is 2.24. The van der Waals surface area contributed by atoms with Gasteiger partial charge < -0.3 is 4.90 Å². The van der Waals surface area contributed by atoms with E-state index < -0.39 is 10.0 Å². The van der Waals surface area contributed by atoms with Crippen LogP contribution in [0, 0.1) is 6.92 Å². The third kappa shape index (κ3) is 2.97. The van der Waals surface area contributed by atoms with Crippen molar-refractivity contribution in [2.24, 2.45) is 0 Å². The van der Waals surface area contributed by atoms with Crippen LogP contribution in [0.5, 0.6) is 0 Å². The second-order valence-electron chi connectivity index (χ2n) is 4.82. The Labute approximate surface area is 124 Å². The zero-order valence-electron chi connectivity index (χ0n) is 11.5. The third-order valence-corrected chi connectivity index (χ3v) is 5.73. The number of rotatable bonds is 2. The van der Waals surface area contributed by atoms with Crippen LogP contribution < -0.4 is 0 Å². The molecule has 0 atom stereocenters. The molecule has 1 aromatic carbocycles. The van der Waals surface area contributed by atoms with E-state index in [1.807, 2.05) is 0 Å². The van der Waals surface area contributed by atoms with Crippen LogP contribution in [0.3, 0.4) is 0 Å². The first-order chi connectivity index (χ1) is 9.32. The van der Waals surface area contributed by atoms with Gasteiger partial charge in [-0.1, -0.05) is 17.7 Å². The molecule has 0 saturated carbocycles. The van der Waals surface area contributed by atoms with E-state index in [-0.39, 0.29) is 10.8 Å². The quantitative estimate of drug-likeness (QED) is 0.831. The average molecular weight is 317 g/mol. The van der Waals surface area contributed by atoms with Gasteiger partial charge in [0, 0.05) is 38.1 Å². The number of carbonyl (C=O) groups excluding carboxylic acids is 1. The summed E-state index contributed by atoms with van der Waals surface area (Å²) in [5.74, 6) is -0.0269. The largest absolute Gasteiger partial charge is 0.340 e. The standard InChI is InChI=1S/C13H17ClN2O3S/c1-10-3-4-12(14)9-13(10)20(18,19)16-7-5-15(6-8-16)11(2)17/h3-4,9H,5-8H2,1-2H3. The Morgan fingerprint density at radius 1 is 1.20 bits per heavy atom. The number of carbonyl (C=O) groups is 1. The summed E-state index contributed by atoms with van der Waals surface area (Å²) in [6, 6.07) is 4.84. The first kappa shape index (κ1) is 15.3. The van der Waals surface area contributed by atoms with Crippen molar-refractivity contribution in [1.82, 2.24) is 9.21 Å². The predicted octanol–water partition coefficient (Wildman–Crippen LogP) is 1.50. The molecule has 2 rings (SSSR count). The molecule has 1 aliphatic heterocycles. The van der Waals surface area contributed by atoms with Crippen LogP contribution in [-0.4, -0.2) is 49.7 Å². The molecule has 1 amide bonds. The summed E-state index contributed by atoms with van der Waals surface area (Å²) in [6.45, 7) is 4.71. The van der Waals surface area contributed by atoms with E-state index in [0.29, 0.717) is 36.8 Å². The van der Waals surface area contributed by atoms with Crippen LogP contribution >= 0.6 is 11.6 Å². The number of halogens is 1. The SMILES string of the molecule is CC(=O)N1CCN(S(=O)(=O)c2cc(Cl)ccc2C)CC1. The van der Waals surface area contributed by atoms with Crippen LogP contribution in [0.25, 0.3) is 0 Å². The number of sulfonamides is 1. The lowest BCUT2D eigenvalue weighted by Gasteiger charge is -2.33. The van der Waals surface area contributed by atoms with Crippen LogP contribution in [-0.2, 0) is 14.8 Å². The smallest absolute Gasteiger partial charge is 0.243 e. The minimum atomic E-state index is -3.55. The number of hydrogen-bond donors (Lipinski definition) is 0. The number of aryl methyl sites for hydroxylation is 1. The molecular weight excluding hydrogens is 300 g/mol. The number of hydrogen-bond acceptors (Lipinski definition) is 3. The van der Waals surface area contributed by atoms with Gasteiger partial charge in [-0.25, -0.2) is 8.42 Å². The van der Waals surface area contributed by atoms with Crippen molar-refractivity contribution in [2.45, 2.75) is 18.7 Å². The molecule has 1 aliphatic rings. The summed E-state index contributed by atoms with van der Waals surface area (Å²) < 4.78 is 26.6. The molecule has 7 heteroatoms. The van der Waals surface area contributed by atoms with E-state index in [9.17, 15) is 13.2 Å². The molecule has 0 bridgehead atoms. The molecule has 0 aromatic heterocycles. The zero-order chi connectivity index (χ0) is 14.9. The highest BCUT2D eigenvalue weighted by Gasteiger charge is 2.30. The molecule has 0 unspecified atom stereocenters. The van der Waals surface area contributed by atoms with Crippen molar-refractivity contribution in [3.8, 4) is 0 Å². The third-order valence-electron chi connectivity index (χ3n) is 3.45. The normalized spacial score (nSPS) is 17.2. The molecule has 1 fully saturated rings. The first-order valence-electron chi connectivity index (χ1n) is 6.34. The second-order valence-corrected chi connectivity index (χ2v) is 7.16. The van der Waals surface area contributed by atoms with Gasteiger partial charge in [-0.3, -0.25) is 4.79 Å². The minimum Gasteiger partial charge on any atom is -0.340 e. The van der Waals surface area contributed by atoms with Crippen LogP contribution in [0.4, 0.5) is 0 Å². The van der Waals surface area contributed by atoms with Crippen LogP contribution in [0.15, 0.2) is 23.1 Å². The molecular formula is C13H17ClN2O3S. The van der Waals surface area contributed by atoms with Gasteiger partial charge in [0.2, 0.25) is 15.9 Å². The first-order valence-corrected chi connectivity index (χ1v) is 8.16. The highest BCUT2D eigenvalue weighted by atomic mass is 35.5. The summed E-state index contributed by atoms with van der Waals surface area (Å²) in [7, 11) is -3.55. The number of nitrogens with zero attached hydrogens (tertiary/aromatic N) is 2. The average Bonchev–Trinajstić information content (AvgIpc) is 2.41. The molecule has 0 spiro atoms. The van der Waals surface area contributed by atoms with Gasteiger partial charge >= 0.3 is 0 Å². The molecule has 0 radical (unpaired) electrons. The van der Waals surface area contributed by atoms with Crippen molar-refractivity contribution in [3.63, 3.8) is 0 Å². The van der Waals surface area contributed by atoms with Gasteiger partial charge in [0.25, 0.3) is 0 Å². The zero-order valence-corrected chi connectivity index (χ0v) is 13.0. The Bertz CT molecular complexity index is 623. The van der Waals surface area contributed by atoms with E-state index in [1.54, 1.807) is 24.0 Å². The molecule has 0 aliphatic carbocycles. The van der Waals surface area contributed by atoms with Crippen molar-refractivity contribution >= 4 is 27.5 Å². The number of piperazine rings is 1. The van der Waals surface area contributed by atoms with Gasteiger partial charge in [0.15, 0.2) is 0 Å². The molecule has 20 heavy (non-hydrogen) atoms. The number of amides is 1. The molecule has 1 aromatic rings. The van der Waals surface area contributed by atoms with Crippen molar-refractivity contribution in [2.75, 3.05) is 26.2 Å². The molecule has 1 heterocycles. The van der Waals surface area contributed by atoms with Gasteiger partial charge in [0.05, 0.1) is 4.90 Å². The summed E-state index contributed by atoms with van der Waals surface area (Å²) >= 11 is 5.89. The van der Waals surface area contributed by atoms with Gasteiger partial charge in [-0.05, 0) is 24.6 Å². The lowest BCUT2D eigenvalue weighted by atomic mass is 10.2. The molecule has 5 nitrogen and oxygen atoms in total. The molecule has 1 saturated heterocycles. The predicted molar refractivity (Wildman–Crippen MR) is 77.2 cm³/mol. The van der Waals surface area contributed by atoms with Crippen molar-refractivity contribution in [1.29, 1.82) is 0 Å². The highest BCUT2D eigenvalue weighted by molar-refractivity contribution is 7.89. The summed E-state index contributed by atoms with van der Waals surface area (Å²) in [6.07, 6.45) is 0. The van der Waals surface area contributed by atoms with Crippen molar-refractivity contribution in [3.05, 3.63) is 28.8 Å². The Kier molecular flexibility index (Phi) is 4.36. The topological polar surface area (TPSA) is 57.7 Å². The molecule has 110 valence electrons. The summed E-state index contributed by atoms with van der Waals surface area (Å²) in [5.41, 5.74) is 0.670. The maximum atomic E-state index is 12.6. The fourth-order valence-electron chi connectivity index (χ4n) is 2.23. The van der Waals surface area contributed by atoms with Crippen LogP contribution in [0.1, 0.15) is 12.5 Å². The monoisotopic (exact) mass is 316 g/mol. The molecule has 0 N–H and O–H groups in total. The summed E-state index contributed by atoms with van der Waals surface area (Å²) in [4.78, 5) is 13.2. The van der Waals surface area contributed by atoms with E-state index >= 15 is 0 Å². The highest BCUT2D eigenvalue weighted by Crippen LogP contribution is 2.24. The lowest BCUT2D eigenvalue weighted by molar-refractivity contribution is -0.129. The minimum absolute atomic E-state index is 0.0269. The Morgan fingerprint density at radius 3 is 2.35 bits per heavy atom. The van der Waals surface area contributed by atoms with E-state index in [1.165, 1.54) is 17.3 Å². The maximum absolute atomic E-state index is 12.6. The number of benzene rings is 1. The fraction of sp³-hybridized carbons (Fsp3) is 0.462. The second kappa shape index (κ2) is 5.71. The van der Waals surface area contributed by atoms with E-state index in [2.05, 4.69) is 0 Å². The summed E-state index contributed by atoms with van der Waals surface area (Å²) in [5, 5.41) is 0.400. The van der Waals surface area contributed by atoms with Gasteiger partial charge in [0.1, 0.15) is 0 Å². The van der Waals surface area contributed by atoms with Crippen LogP contribution in [0.2, 0.25) is 5.02 Å². The lowest BCUT2D eigenvalue weighted by Crippen LogP contribution is -2.50. The Hall–Kier alpha value is -1.11.